The van der Waals surface area contributed by atoms with Crippen molar-refractivity contribution < 1.29 is 24.2 Å². The number of ether oxygens (including phenoxy) is 2. The van der Waals surface area contributed by atoms with Gasteiger partial charge in [0.1, 0.15) is 6.42 Å². The van der Waals surface area contributed by atoms with Crippen LogP contribution < -0.4 is 4.74 Å². The summed E-state index contributed by atoms with van der Waals surface area (Å²) >= 11 is 0. The molecule has 0 saturated heterocycles. The van der Waals surface area contributed by atoms with Gasteiger partial charge < -0.3 is 14.6 Å². The Hall–Kier alpha value is -2.48. The SMILES string of the molecule is CCOC(=O)CC#Cc1cc(C=O)c(O)c(OC)c1. The molecular formula is C14H14O5. The molecular weight excluding hydrogens is 248 g/mol. The van der Waals surface area contributed by atoms with Crippen molar-refractivity contribution in [1.29, 1.82) is 0 Å². The van der Waals surface area contributed by atoms with Gasteiger partial charge in [-0.15, -0.1) is 0 Å². The predicted octanol–water partition coefficient (Wildman–Crippen LogP) is 1.52. The molecule has 19 heavy (non-hydrogen) atoms. The van der Waals surface area contributed by atoms with E-state index in [9.17, 15) is 14.7 Å². The van der Waals surface area contributed by atoms with E-state index < -0.39 is 5.97 Å². The number of hydrogen-bond acceptors (Lipinski definition) is 5. The third-order valence-corrected chi connectivity index (χ3v) is 2.22. The lowest BCUT2D eigenvalue weighted by molar-refractivity contribution is -0.141. The second kappa shape index (κ2) is 7.07. The highest BCUT2D eigenvalue weighted by Crippen LogP contribution is 2.30. The molecule has 1 rings (SSSR count). The number of aldehydes is 1. The van der Waals surface area contributed by atoms with Gasteiger partial charge in [0, 0.05) is 5.56 Å². The molecule has 0 aliphatic carbocycles. The Balaban J connectivity index is 2.93. The van der Waals surface area contributed by atoms with E-state index in [1.807, 2.05) is 0 Å². The van der Waals surface area contributed by atoms with Crippen LogP contribution in [0.2, 0.25) is 0 Å². The molecule has 0 bridgehead atoms. The minimum Gasteiger partial charge on any atom is -0.504 e. The number of carbonyl (C=O) groups is 2. The summed E-state index contributed by atoms with van der Waals surface area (Å²) in [6.45, 7) is 2.02. The summed E-state index contributed by atoms with van der Waals surface area (Å²) in [5.41, 5.74) is 0.556. The van der Waals surface area contributed by atoms with Crippen LogP contribution in [0.15, 0.2) is 12.1 Å². The van der Waals surface area contributed by atoms with Gasteiger partial charge in [0.2, 0.25) is 0 Å². The fourth-order valence-electron chi connectivity index (χ4n) is 1.38. The van der Waals surface area contributed by atoms with Crippen LogP contribution in [0.25, 0.3) is 0 Å². The molecule has 100 valence electrons. The molecule has 1 N–H and O–H groups in total. The van der Waals surface area contributed by atoms with Crippen LogP contribution in [0.3, 0.4) is 0 Å². The Labute approximate surface area is 111 Å². The monoisotopic (exact) mass is 262 g/mol. The first kappa shape index (κ1) is 14.6. The van der Waals surface area contributed by atoms with Gasteiger partial charge in [-0.05, 0) is 19.1 Å². The van der Waals surface area contributed by atoms with Crippen LogP contribution in [0.5, 0.6) is 11.5 Å². The zero-order valence-electron chi connectivity index (χ0n) is 10.7. The molecule has 0 aliphatic heterocycles. The Morgan fingerprint density at radius 3 is 2.79 bits per heavy atom. The van der Waals surface area contributed by atoms with Crippen LogP contribution in [-0.4, -0.2) is 31.1 Å². The van der Waals surface area contributed by atoms with Gasteiger partial charge in [0.25, 0.3) is 0 Å². The molecule has 5 nitrogen and oxygen atoms in total. The maximum Gasteiger partial charge on any atom is 0.317 e. The zero-order chi connectivity index (χ0) is 14.3. The van der Waals surface area contributed by atoms with E-state index in [2.05, 4.69) is 11.8 Å². The van der Waals surface area contributed by atoms with Crippen molar-refractivity contribution in [1.82, 2.24) is 0 Å². The Morgan fingerprint density at radius 2 is 2.21 bits per heavy atom. The van der Waals surface area contributed by atoms with Crippen molar-refractivity contribution in [3.8, 4) is 23.3 Å². The second-order valence-corrected chi connectivity index (χ2v) is 3.52. The molecule has 0 aromatic heterocycles. The fraction of sp³-hybridized carbons (Fsp3) is 0.286. The predicted molar refractivity (Wildman–Crippen MR) is 68.2 cm³/mol. The largest absolute Gasteiger partial charge is 0.504 e. The van der Waals surface area contributed by atoms with Crippen molar-refractivity contribution in [2.24, 2.45) is 0 Å². The summed E-state index contributed by atoms with van der Waals surface area (Å²) in [7, 11) is 1.37. The summed E-state index contributed by atoms with van der Waals surface area (Å²) in [5, 5.41) is 9.62. The van der Waals surface area contributed by atoms with Crippen LogP contribution >= 0.6 is 0 Å². The van der Waals surface area contributed by atoms with Gasteiger partial charge >= 0.3 is 5.97 Å². The van der Waals surface area contributed by atoms with Crippen LogP contribution in [0, 0.1) is 11.8 Å². The summed E-state index contributed by atoms with van der Waals surface area (Å²) < 4.78 is 9.65. The molecule has 0 fully saturated rings. The topological polar surface area (TPSA) is 72.8 Å². The van der Waals surface area contributed by atoms with Crippen molar-refractivity contribution in [3.05, 3.63) is 23.3 Å². The lowest BCUT2D eigenvalue weighted by Crippen LogP contribution is -2.01. The maximum atomic E-state index is 11.1. The van der Waals surface area contributed by atoms with E-state index in [0.717, 1.165) is 0 Å². The molecule has 0 unspecified atom stereocenters. The highest BCUT2D eigenvalue weighted by molar-refractivity contribution is 5.82. The molecule has 0 spiro atoms. The number of methoxy groups -OCH3 is 1. The van der Waals surface area contributed by atoms with Gasteiger partial charge in [-0.1, -0.05) is 11.8 Å². The summed E-state index contributed by atoms with van der Waals surface area (Å²) in [5.74, 6) is 4.86. The Bertz CT molecular complexity index is 537. The molecule has 5 heteroatoms. The van der Waals surface area contributed by atoms with Crippen molar-refractivity contribution in [2.75, 3.05) is 13.7 Å². The minimum atomic E-state index is -0.406. The Kier molecular flexibility index (Phi) is 5.42. The number of rotatable bonds is 4. The molecule has 1 aromatic carbocycles. The minimum absolute atomic E-state index is 0.0343. The van der Waals surface area contributed by atoms with Crippen LogP contribution in [0.4, 0.5) is 0 Å². The normalized spacial score (nSPS) is 9.16. The van der Waals surface area contributed by atoms with E-state index >= 15 is 0 Å². The lowest BCUT2D eigenvalue weighted by atomic mass is 10.1. The summed E-state index contributed by atoms with van der Waals surface area (Å²) in [6, 6.07) is 2.91. The summed E-state index contributed by atoms with van der Waals surface area (Å²) in [6.07, 6.45) is 0.474. The Morgan fingerprint density at radius 1 is 1.47 bits per heavy atom. The molecule has 0 atom stereocenters. The van der Waals surface area contributed by atoms with Gasteiger partial charge in [0.15, 0.2) is 17.8 Å². The van der Waals surface area contributed by atoms with Crippen molar-refractivity contribution in [2.45, 2.75) is 13.3 Å². The second-order valence-electron chi connectivity index (χ2n) is 3.52. The molecule has 0 heterocycles. The number of esters is 1. The highest BCUT2D eigenvalue weighted by Gasteiger charge is 2.08. The number of benzene rings is 1. The number of aromatic hydroxyl groups is 1. The first-order chi connectivity index (χ1) is 9.12. The standard InChI is InChI=1S/C14H14O5/c1-3-19-13(16)6-4-5-10-7-11(9-15)14(17)12(8-10)18-2/h7-9,17H,3,6H2,1-2H3. The fourth-order valence-corrected chi connectivity index (χ4v) is 1.38. The third kappa shape index (κ3) is 4.03. The van der Waals surface area contributed by atoms with Gasteiger partial charge in [-0.25, -0.2) is 0 Å². The van der Waals surface area contributed by atoms with E-state index in [1.165, 1.54) is 19.2 Å². The van der Waals surface area contributed by atoms with Crippen molar-refractivity contribution >= 4 is 12.3 Å². The highest BCUT2D eigenvalue weighted by atomic mass is 16.5. The van der Waals surface area contributed by atoms with E-state index in [1.54, 1.807) is 6.92 Å². The maximum absolute atomic E-state index is 11.1. The summed E-state index contributed by atoms with van der Waals surface area (Å²) in [4.78, 5) is 21.9. The van der Waals surface area contributed by atoms with E-state index in [0.29, 0.717) is 18.5 Å². The average Bonchev–Trinajstić information content (AvgIpc) is 2.40. The molecule has 0 amide bonds. The van der Waals surface area contributed by atoms with Crippen LogP contribution in [0.1, 0.15) is 29.3 Å². The zero-order valence-corrected chi connectivity index (χ0v) is 10.7. The quantitative estimate of drug-likeness (QED) is 0.506. The van der Waals surface area contributed by atoms with E-state index in [-0.39, 0.29) is 23.5 Å². The molecule has 0 aliphatic rings. The lowest BCUT2D eigenvalue weighted by Gasteiger charge is -2.05. The molecule has 1 aromatic rings. The number of carbonyl (C=O) groups excluding carboxylic acids is 2. The number of phenolic OH excluding ortho intramolecular Hbond substituents is 1. The third-order valence-electron chi connectivity index (χ3n) is 2.22. The van der Waals surface area contributed by atoms with E-state index in [4.69, 9.17) is 9.47 Å². The first-order valence-corrected chi connectivity index (χ1v) is 5.63. The van der Waals surface area contributed by atoms with Gasteiger partial charge in [-0.2, -0.15) is 0 Å². The average molecular weight is 262 g/mol. The smallest absolute Gasteiger partial charge is 0.317 e. The van der Waals surface area contributed by atoms with Crippen LogP contribution in [-0.2, 0) is 9.53 Å². The number of hydrogen-bond donors (Lipinski definition) is 1. The van der Waals surface area contributed by atoms with Gasteiger partial charge in [0.05, 0.1) is 19.3 Å². The van der Waals surface area contributed by atoms with Crippen molar-refractivity contribution in [3.63, 3.8) is 0 Å². The number of phenols is 1. The molecule has 0 saturated carbocycles. The first-order valence-electron chi connectivity index (χ1n) is 5.63. The van der Waals surface area contributed by atoms with Gasteiger partial charge in [-0.3, -0.25) is 9.59 Å². The molecule has 0 radical (unpaired) electrons.